The highest BCUT2D eigenvalue weighted by Gasteiger charge is 2.30. The summed E-state index contributed by atoms with van der Waals surface area (Å²) < 4.78 is 30.8. The van der Waals surface area contributed by atoms with Crippen molar-refractivity contribution >= 4 is 19.7 Å². The minimum Gasteiger partial charge on any atom is -0.456 e. The van der Waals surface area contributed by atoms with Crippen molar-refractivity contribution in [3.8, 4) is 0 Å². The van der Waals surface area contributed by atoms with Crippen molar-refractivity contribution < 1.29 is 37.3 Å². The lowest BCUT2D eigenvalue weighted by molar-refractivity contribution is -0.870. The molecule has 3 atom stereocenters. The van der Waals surface area contributed by atoms with Crippen LogP contribution in [0.1, 0.15) is 316 Å². The molecule has 0 radical (unpaired) electrons. The van der Waals surface area contributed by atoms with Gasteiger partial charge in [0, 0.05) is 12.8 Å². The van der Waals surface area contributed by atoms with Gasteiger partial charge >= 0.3 is 13.8 Å². The van der Waals surface area contributed by atoms with E-state index in [1.807, 2.05) is 33.3 Å². The molecule has 10 heteroatoms. The fourth-order valence-electron chi connectivity index (χ4n) is 9.80. The van der Waals surface area contributed by atoms with Crippen molar-refractivity contribution in [1.82, 2.24) is 5.32 Å². The van der Waals surface area contributed by atoms with Crippen LogP contribution >= 0.6 is 7.82 Å². The highest BCUT2D eigenvalue weighted by Crippen LogP contribution is 2.43. The molecule has 0 aromatic rings. The number of rotatable bonds is 62. The molecule has 0 aromatic carbocycles. The molecule has 0 saturated heterocycles. The van der Waals surface area contributed by atoms with Crippen LogP contribution in [0.15, 0.2) is 72.9 Å². The second-order valence-electron chi connectivity index (χ2n) is 24.3. The van der Waals surface area contributed by atoms with Gasteiger partial charge in [-0.15, -0.1) is 0 Å². The van der Waals surface area contributed by atoms with Crippen LogP contribution in [0.25, 0.3) is 0 Å². The lowest BCUT2D eigenvalue weighted by Crippen LogP contribution is -2.47. The number of hydrogen-bond acceptors (Lipinski definition) is 6. The Bertz CT molecular complexity index is 1620. The highest BCUT2D eigenvalue weighted by molar-refractivity contribution is 7.47. The molecule has 0 spiro atoms. The van der Waals surface area contributed by atoms with E-state index in [0.717, 1.165) is 96.3 Å². The number of unbranched alkanes of at least 4 members (excludes halogenated alkanes) is 36. The molecule has 0 fully saturated rings. The zero-order valence-corrected chi connectivity index (χ0v) is 54.9. The molecule has 9 nitrogen and oxygen atoms in total. The summed E-state index contributed by atoms with van der Waals surface area (Å²) in [6, 6.07) is -0.861. The smallest absolute Gasteiger partial charge is 0.456 e. The predicted octanol–water partition coefficient (Wildman–Crippen LogP) is 21.6. The van der Waals surface area contributed by atoms with Gasteiger partial charge in [0.2, 0.25) is 5.91 Å². The molecule has 0 aliphatic carbocycles. The number of likely N-dealkylation sites (N-methyl/N-ethyl adjacent to an activating group) is 1. The lowest BCUT2D eigenvalue weighted by Gasteiger charge is -2.27. The van der Waals surface area contributed by atoms with Crippen LogP contribution in [-0.4, -0.2) is 74.3 Å². The normalized spacial score (nSPS) is 14.0. The van der Waals surface area contributed by atoms with Gasteiger partial charge in [0.1, 0.15) is 19.3 Å². The number of ether oxygens (including phenoxy) is 1. The zero-order chi connectivity index (χ0) is 59.3. The Kier molecular flexibility index (Phi) is 58.7. The summed E-state index contributed by atoms with van der Waals surface area (Å²) in [6.07, 6.45) is 79.1. The number of esters is 1. The molecule has 0 heterocycles. The Morgan fingerprint density at radius 2 is 0.753 bits per heavy atom. The van der Waals surface area contributed by atoms with Crippen LogP contribution < -0.4 is 5.32 Å². The van der Waals surface area contributed by atoms with Gasteiger partial charge in [-0.25, -0.2) is 4.57 Å². The maximum Gasteiger partial charge on any atom is 0.472 e. The molecular formula is C71H132N2O7P+. The molecule has 3 unspecified atom stereocenters. The second kappa shape index (κ2) is 60.6. The fourth-order valence-corrected chi connectivity index (χ4v) is 10.5. The zero-order valence-electron chi connectivity index (χ0n) is 54.0. The lowest BCUT2D eigenvalue weighted by atomic mass is 10.0. The molecule has 0 aliphatic rings. The van der Waals surface area contributed by atoms with Crippen LogP contribution in [0.2, 0.25) is 0 Å². The Morgan fingerprint density at radius 1 is 0.432 bits per heavy atom. The largest absolute Gasteiger partial charge is 0.472 e. The summed E-state index contributed by atoms with van der Waals surface area (Å²) in [5, 5.41) is 3.06. The first-order valence-corrected chi connectivity index (χ1v) is 35.8. The molecule has 0 saturated carbocycles. The molecule has 0 bridgehead atoms. The highest BCUT2D eigenvalue weighted by atomic mass is 31.2. The number of amides is 1. The molecule has 472 valence electrons. The first kappa shape index (κ1) is 78.5. The van der Waals surface area contributed by atoms with Crippen molar-refractivity contribution in [2.24, 2.45) is 0 Å². The molecule has 0 aromatic heterocycles. The first-order chi connectivity index (χ1) is 39.4. The Morgan fingerprint density at radius 3 is 1.16 bits per heavy atom. The third-order valence-corrected chi connectivity index (χ3v) is 16.1. The van der Waals surface area contributed by atoms with E-state index in [2.05, 4.69) is 86.8 Å². The van der Waals surface area contributed by atoms with Crippen molar-refractivity contribution in [1.29, 1.82) is 0 Å². The molecular weight excluding hydrogens is 1020 g/mol. The number of hydrogen-bond donors (Lipinski definition) is 2. The van der Waals surface area contributed by atoms with Crippen LogP contribution in [0, 0.1) is 0 Å². The number of nitrogens with zero attached hydrogens (tertiary/aromatic N) is 1. The number of phosphoric acid groups is 1. The van der Waals surface area contributed by atoms with Crippen molar-refractivity contribution in [3.05, 3.63) is 72.9 Å². The van der Waals surface area contributed by atoms with Crippen LogP contribution in [0.3, 0.4) is 0 Å². The Labute approximate surface area is 502 Å². The van der Waals surface area contributed by atoms with Gasteiger partial charge < -0.3 is 19.4 Å². The Hall–Kier alpha value is -2.55. The standard InChI is InChI=1S/C71H131N2O7P/c1-7-10-13-16-19-22-25-27-29-31-33-35-36-38-40-42-44-46-49-52-55-58-61-64-71(75)80-69(62-59-56-53-50-47-24-21-18-15-12-9-3)68(67-79-81(76,77)78-66-65-73(4,5)6)72-70(74)63-60-57-54-51-48-45-43-41-39-37-34-32-30-28-26-23-20-17-14-11-8-2/h20,23,27-30,34,37,41,43,59,62,68-69H,7-19,21-22,24-26,31-33,35-36,38-40,42,44-58,60-61,63-67H2,1-6H3,(H-,72,74,76,77)/p+1/b23-20-,29-27+,30-28-,37-34-,43-41-,62-59+. The fraction of sp³-hybridized carbons (Fsp3) is 0.803. The maximum absolute atomic E-state index is 13.6. The second-order valence-corrected chi connectivity index (χ2v) is 25.8. The van der Waals surface area contributed by atoms with Crippen LogP contribution in [0.4, 0.5) is 0 Å². The maximum atomic E-state index is 13.6. The monoisotopic (exact) mass is 1160 g/mol. The summed E-state index contributed by atoms with van der Waals surface area (Å²) in [5.41, 5.74) is 0. The van der Waals surface area contributed by atoms with Gasteiger partial charge in [0.15, 0.2) is 0 Å². The number of phosphoric ester groups is 1. The van der Waals surface area contributed by atoms with Gasteiger partial charge in [-0.2, -0.15) is 0 Å². The third-order valence-electron chi connectivity index (χ3n) is 15.1. The number of carbonyl (C=O) groups is 2. The summed E-state index contributed by atoms with van der Waals surface area (Å²) in [5.74, 6) is -0.520. The van der Waals surface area contributed by atoms with E-state index in [0.29, 0.717) is 17.4 Å². The third kappa shape index (κ3) is 61.8. The average molecular weight is 1160 g/mol. The average Bonchev–Trinajstić information content (AvgIpc) is 3.44. The van der Waals surface area contributed by atoms with E-state index in [1.165, 1.54) is 186 Å². The minimum absolute atomic E-state index is 0.0347. The summed E-state index contributed by atoms with van der Waals surface area (Å²) >= 11 is 0. The predicted molar refractivity (Wildman–Crippen MR) is 351 cm³/mol. The number of quaternary nitrogens is 1. The van der Waals surface area contributed by atoms with E-state index < -0.39 is 20.0 Å². The minimum atomic E-state index is -4.46. The quantitative estimate of drug-likeness (QED) is 0.0205. The first-order valence-electron chi connectivity index (χ1n) is 34.3. The molecule has 0 rings (SSSR count). The summed E-state index contributed by atoms with van der Waals surface area (Å²) in [4.78, 5) is 37.8. The van der Waals surface area contributed by atoms with Gasteiger partial charge in [-0.05, 0) is 102 Å². The SMILES string of the molecule is CCCCC/C=C\C/C=C\C/C=C\C/C=C\CCCCCCCC(=O)NC(COP(=O)(O)OCC[N+](C)(C)C)C(/C=C/CCCCCCCCCCC)OC(=O)CCCCCCCCCCCCCCC/C=C/CCCCCCCC. The topological polar surface area (TPSA) is 111 Å². The van der Waals surface area contributed by atoms with Gasteiger partial charge in [0.25, 0.3) is 0 Å². The van der Waals surface area contributed by atoms with E-state index in [4.69, 9.17) is 13.8 Å². The van der Waals surface area contributed by atoms with Gasteiger partial charge in [-0.3, -0.25) is 18.6 Å². The van der Waals surface area contributed by atoms with Crippen molar-refractivity contribution in [2.45, 2.75) is 328 Å². The number of nitrogens with one attached hydrogen (secondary N) is 1. The number of allylic oxidation sites excluding steroid dienone is 11. The van der Waals surface area contributed by atoms with Gasteiger partial charge in [-0.1, -0.05) is 274 Å². The summed E-state index contributed by atoms with van der Waals surface area (Å²) in [6.45, 7) is 6.99. The van der Waals surface area contributed by atoms with Gasteiger partial charge in [0.05, 0.1) is 33.8 Å². The van der Waals surface area contributed by atoms with E-state index in [-0.39, 0.29) is 31.5 Å². The van der Waals surface area contributed by atoms with E-state index in [9.17, 15) is 19.0 Å². The molecule has 0 aliphatic heterocycles. The van der Waals surface area contributed by atoms with E-state index >= 15 is 0 Å². The summed E-state index contributed by atoms with van der Waals surface area (Å²) in [7, 11) is 1.48. The van der Waals surface area contributed by atoms with Crippen LogP contribution in [-0.2, 0) is 27.9 Å². The van der Waals surface area contributed by atoms with Crippen LogP contribution in [0.5, 0.6) is 0 Å². The van der Waals surface area contributed by atoms with Crippen molar-refractivity contribution in [2.75, 3.05) is 40.9 Å². The molecule has 81 heavy (non-hydrogen) atoms. The number of carbonyl (C=O) groups excluding carboxylic acids is 2. The Balaban J connectivity index is 5.11. The molecule has 1 amide bonds. The van der Waals surface area contributed by atoms with E-state index in [1.54, 1.807) is 0 Å². The molecule has 2 N–H and O–H groups in total. The van der Waals surface area contributed by atoms with Crippen molar-refractivity contribution in [3.63, 3.8) is 0 Å².